The van der Waals surface area contributed by atoms with Crippen molar-refractivity contribution in [1.82, 2.24) is 0 Å². The molecule has 3 nitrogen and oxygen atoms in total. The fourth-order valence-corrected chi connectivity index (χ4v) is 2.09. The van der Waals surface area contributed by atoms with Crippen LogP contribution in [-0.4, -0.2) is 13.7 Å². The summed E-state index contributed by atoms with van der Waals surface area (Å²) in [5, 5.41) is 3.41. The molecule has 0 aliphatic carbocycles. The third kappa shape index (κ3) is 4.02. The number of rotatable bonds is 7. The molecule has 0 aliphatic heterocycles. The van der Waals surface area contributed by atoms with E-state index in [2.05, 4.69) is 24.9 Å². The molecule has 0 saturated heterocycles. The molecule has 0 heterocycles. The molecule has 110 valence electrons. The van der Waals surface area contributed by atoms with Gasteiger partial charge in [0.1, 0.15) is 18.1 Å². The van der Waals surface area contributed by atoms with Crippen molar-refractivity contribution in [2.24, 2.45) is 0 Å². The van der Waals surface area contributed by atoms with E-state index in [1.54, 1.807) is 13.2 Å². The molecule has 2 rings (SSSR count). The Balaban J connectivity index is 2.13. The van der Waals surface area contributed by atoms with Crippen molar-refractivity contribution in [1.29, 1.82) is 0 Å². The van der Waals surface area contributed by atoms with E-state index in [9.17, 15) is 0 Å². The largest absolute Gasteiger partial charge is 0.495 e. The molecule has 1 N–H and O–H groups in total. The normalized spacial score (nSPS) is 10.0. The number of hydrogen-bond donors (Lipinski definition) is 1. The summed E-state index contributed by atoms with van der Waals surface area (Å²) in [6.45, 7) is 6.91. The molecule has 2 aromatic carbocycles. The molecule has 0 saturated carbocycles. The summed E-state index contributed by atoms with van der Waals surface area (Å²) in [5.41, 5.74) is 3.27. The van der Waals surface area contributed by atoms with Gasteiger partial charge in [0, 0.05) is 12.1 Å². The van der Waals surface area contributed by atoms with Gasteiger partial charge in [0.05, 0.1) is 12.8 Å². The predicted octanol–water partition coefficient (Wildman–Crippen LogP) is 4.18. The van der Waals surface area contributed by atoms with Crippen molar-refractivity contribution < 1.29 is 9.47 Å². The van der Waals surface area contributed by atoms with E-state index in [0.29, 0.717) is 13.2 Å². The molecule has 21 heavy (non-hydrogen) atoms. The molecule has 0 amide bonds. The van der Waals surface area contributed by atoms with Crippen molar-refractivity contribution in [3.05, 3.63) is 66.2 Å². The first kappa shape index (κ1) is 15.0. The van der Waals surface area contributed by atoms with Crippen molar-refractivity contribution in [3.63, 3.8) is 0 Å². The number of para-hydroxylation sites is 1. The second-order valence-electron chi connectivity index (χ2n) is 4.76. The van der Waals surface area contributed by atoms with Crippen LogP contribution in [0.4, 0.5) is 5.69 Å². The van der Waals surface area contributed by atoms with Gasteiger partial charge in [-0.2, -0.15) is 0 Å². The maximum Gasteiger partial charge on any atom is 0.141 e. The van der Waals surface area contributed by atoms with Crippen molar-refractivity contribution in [2.45, 2.75) is 13.5 Å². The van der Waals surface area contributed by atoms with Gasteiger partial charge in [0.25, 0.3) is 0 Å². The van der Waals surface area contributed by atoms with Crippen LogP contribution in [0.15, 0.2) is 55.1 Å². The van der Waals surface area contributed by atoms with Crippen LogP contribution in [0.3, 0.4) is 0 Å². The molecule has 0 bridgehead atoms. The highest BCUT2D eigenvalue weighted by Crippen LogP contribution is 2.27. The second kappa shape index (κ2) is 7.39. The molecule has 3 heteroatoms. The van der Waals surface area contributed by atoms with E-state index in [-0.39, 0.29) is 0 Å². The highest BCUT2D eigenvalue weighted by molar-refractivity contribution is 5.58. The Hall–Kier alpha value is -2.42. The summed E-state index contributed by atoms with van der Waals surface area (Å²) < 4.78 is 11.0. The van der Waals surface area contributed by atoms with Crippen molar-refractivity contribution >= 4 is 5.69 Å². The summed E-state index contributed by atoms with van der Waals surface area (Å²) in [6, 6.07) is 14.1. The monoisotopic (exact) mass is 283 g/mol. The molecule has 0 spiro atoms. The number of benzene rings is 2. The molecule has 2 aromatic rings. The molecule has 0 radical (unpaired) electrons. The minimum Gasteiger partial charge on any atom is -0.495 e. The first-order chi connectivity index (χ1) is 10.2. The third-order valence-electron chi connectivity index (χ3n) is 3.15. The van der Waals surface area contributed by atoms with Gasteiger partial charge in [0.15, 0.2) is 0 Å². The molecule has 0 aliphatic rings. The van der Waals surface area contributed by atoms with Gasteiger partial charge in [-0.3, -0.25) is 0 Å². The highest BCUT2D eigenvalue weighted by atomic mass is 16.5. The molecular formula is C18H21NO2. The Labute approximate surface area is 126 Å². The van der Waals surface area contributed by atoms with Gasteiger partial charge in [-0.15, -0.1) is 0 Å². The van der Waals surface area contributed by atoms with Gasteiger partial charge in [-0.05, 0) is 30.7 Å². The summed E-state index contributed by atoms with van der Waals surface area (Å²) in [7, 11) is 1.68. The number of nitrogens with one attached hydrogen (secondary N) is 1. The standard InChI is InChI=1S/C18H21NO2/c1-4-11-21-17-8-6-5-7-15(17)13-19-16-12-14(2)9-10-18(16)20-3/h4-10,12,19H,1,11,13H2,2-3H3. The van der Waals surface area contributed by atoms with E-state index >= 15 is 0 Å². The van der Waals surface area contributed by atoms with Crippen LogP contribution in [0.1, 0.15) is 11.1 Å². The summed E-state index contributed by atoms with van der Waals surface area (Å²) >= 11 is 0. The van der Waals surface area contributed by atoms with Gasteiger partial charge >= 0.3 is 0 Å². The molecule has 0 aromatic heterocycles. The lowest BCUT2D eigenvalue weighted by molar-refractivity contribution is 0.359. The average molecular weight is 283 g/mol. The number of ether oxygens (including phenoxy) is 2. The average Bonchev–Trinajstić information content (AvgIpc) is 2.52. The molecule has 0 unspecified atom stereocenters. The van der Waals surface area contributed by atoms with Crippen LogP contribution in [0.5, 0.6) is 11.5 Å². The zero-order valence-corrected chi connectivity index (χ0v) is 12.6. The maximum absolute atomic E-state index is 5.67. The summed E-state index contributed by atoms with van der Waals surface area (Å²) in [5.74, 6) is 1.71. The Morgan fingerprint density at radius 3 is 2.71 bits per heavy atom. The number of aryl methyl sites for hydroxylation is 1. The molecule has 0 atom stereocenters. The Morgan fingerprint density at radius 1 is 1.14 bits per heavy atom. The highest BCUT2D eigenvalue weighted by Gasteiger charge is 2.06. The van der Waals surface area contributed by atoms with Gasteiger partial charge in [-0.25, -0.2) is 0 Å². The van der Waals surface area contributed by atoms with Crippen molar-refractivity contribution in [2.75, 3.05) is 19.0 Å². The van der Waals surface area contributed by atoms with Crippen LogP contribution in [0.2, 0.25) is 0 Å². The van der Waals surface area contributed by atoms with E-state index in [1.165, 1.54) is 5.56 Å². The van der Waals surface area contributed by atoms with Crippen LogP contribution in [-0.2, 0) is 6.54 Å². The van der Waals surface area contributed by atoms with Crippen LogP contribution < -0.4 is 14.8 Å². The Morgan fingerprint density at radius 2 is 1.95 bits per heavy atom. The minimum absolute atomic E-state index is 0.505. The van der Waals surface area contributed by atoms with E-state index < -0.39 is 0 Å². The summed E-state index contributed by atoms with van der Waals surface area (Å²) in [4.78, 5) is 0. The van der Waals surface area contributed by atoms with E-state index in [0.717, 1.165) is 22.7 Å². The zero-order valence-electron chi connectivity index (χ0n) is 12.6. The van der Waals surface area contributed by atoms with Crippen LogP contribution in [0, 0.1) is 6.92 Å². The number of hydrogen-bond acceptors (Lipinski definition) is 3. The minimum atomic E-state index is 0.505. The van der Waals surface area contributed by atoms with E-state index in [1.807, 2.05) is 36.4 Å². The fourth-order valence-electron chi connectivity index (χ4n) is 2.09. The zero-order chi connectivity index (χ0) is 15.1. The van der Waals surface area contributed by atoms with Gasteiger partial charge < -0.3 is 14.8 Å². The quantitative estimate of drug-likeness (QED) is 0.773. The number of methoxy groups -OCH3 is 1. The van der Waals surface area contributed by atoms with Crippen LogP contribution in [0.25, 0.3) is 0 Å². The lowest BCUT2D eigenvalue weighted by Gasteiger charge is -2.14. The fraction of sp³-hybridized carbons (Fsp3) is 0.222. The smallest absolute Gasteiger partial charge is 0.141 e. The molecule has 0 fully saturated rings. The topological polar surface area (TPSA) is 30.5 Å². The Bertz CT molecular complexity index is 608. The SMILES string of the molecule is C=CCOc1ccccc1CNc1cc(C)ccc1OC. The number of anilines is 1. The van der Waals surface area contributed by atoms with Gasteiger partial charge in [0.2, 0.25) is 0 Å². The third-order valence-corrected chi connectivity index (χ3v) is 3.15. The maximum atomic E-state index is 5.67. The molecular weight excluding hydrogens is 262 g/mol. The second-order valence-corrected chi connectivity index (χ2v) is 4.76. The van der Waals surface area contributed by atoms with E-state index in [4.69, 9.17) is 9.47 Å². The summed E-state index contributed by atoms with van der Waals surface area (Å²) in [6.07, 6.45) is 1.74. The lowest BCUT2D eigenvalue weighted by atomic mass is 10.1. The van der Waals surface area contributed by atoms with Crippen LogP contribution >= 0.6 is 0 Å². The van der Waals surface area contributed by atoms with Gasteiger partial charge in [-0.1, -0.05) is 36.9 Å². The first-order valence-corrected chi connectivity index (χ1v) is 6.94. The lowest BCUT2D eigenvalue weighted by Crippen LogP contribution is -2.04. The predicted molar refractivity (Wildman–Crippen MR) is 87.2 cm³/mol. The van der Waals surface area contributed by atoms with Crippen molar-refractivity contribution in [3.8, 4) is 11.5 Å². The first-order valence-electron chi connectivity index (χ1n) is 6.94. The Kier molecular flexibility index (Phi) is 5.27.